The predicted octanol–water partition coefficient (Wildman–Crippen LogP) is 5.64. The third-order valence-electron chi connectivity index (χ3n) is 4.76. The molecule has 0 fully saturated rings. The minimum atomic E-state index is -0.258. The van der Waals surface area contributed by atoms with Crippen LogP contribution in [0.5, 0.6) is 0 Å². The SMILES string of the molecule is O=C(NCCc1cccc(F)c1)c1ccc(CSc2ccc3ccccc3n2)cc1. The summed E-state index contributed by atoms with van der Waals surface area (Å²) in [5.41, 5.74) is 3.61. The summed E-state index contributed by atoms with van der Waals surface area (Å²) in [6, 6.07) is 26.2. The zero-order valence-electron chi connectivity index (χ0n) is 16.3. The fourth-order valence-electron chi connectivity index (χ4n) is 3.15. The first-order valence-electron chi connectivity index (χ1n) is 9.77. The van der Waals surface area contributed by atoms with Crippen molar-refractivity contribution in [3.63, 3.8) is 0 Å². The van der Waals surface area contributed by atoms with Crippen molar-refractivity contribution in [3.05, 3.63) is 107 Å². The van der Waals surface area contributed by atoms with Crippen molar-refractivity contribution in [2.24, 2.45) is 0 Å². The average molecular weight is 417 g/mol. The number of pyridine rings is 1. The second-order valence-electron chi connectivity index (χ2n) is 6.96. The topological polar surface area (TPSA) is 42.0 Å². The van der Waals surface area contributed by atoms with Gasteiger partial charge in [0, 0.05) is 23.2 Å². The van der Waals surface area contributed by atoms with Crippen molar-refractivity contribution >= 4 is 28.6 Å². The highest BCUT2D eigenvalue weighted by Crippen LogP contribution is 2.23. The van der Waals surface area contributed by atoms with E-state index < -0.39 is 0 Å². The molecule has 0 saturated carbocycles. The van der Waals surface area contributed by atoms with E-state index >= 15 is 0 Å². The normalized spacial score (nSPS) is 10.8. The maximum Gasteiger partial charge on any atom is 0.251 e. The second kappa shape index (κ2) is 9.55. The quantitative estimate of drug-likeness (QED) is 0.397. The molecule has 0 unspecified atom stereocenters. The number of aromatic nitrogens is 1. The molecule has 0 radical (unpaired) electrons. The molecule has 0 aliphatic carbocycles. The van der Waals surface area contributed by atoms with Gasteiger partial charge >= 0.3 is 0 Å². The molecular weight excluding hydrogens is 395 g/mol. The zero-order chi connectivity index (χ0) is 20.8. The summed E-state index contributed by atoms with van der Waals surface area (Å²) in [5, 5.41) is 5.00. The summed E-state index contributed by atoms with van der Waals surface area (Å²) < 4.78 is 13.2. The van der Waals surface area contributed by atoms with E-state index in [1.54, 1.807) is 17.8 Å². The minimum absolute atomic E-state index is 0.123. The summed E-state index contributed by atoms with van der Waals surface area (Å²) in [6.45, 7) is 0.466. The molecule has 1 aromatic heterocycles. The zero-order valence-corrected chi connectivity index (χ0v) is 17.2. The molecule has 30 heavy (non-hydrogen) atoms. The molecule has 0 aliphatic rings. The smallest absolute Gasteiger partial charge is 0.251 e. The van der Waals surface area contributed by atoms with Crippen molar-refractivity contribution < 1.29 is 9.18 Å². The Kier molecular flexibility index (Phi) is 6.40. The van der Waals surface area contributed by atoms with Gasteiger partial charge in [0.05, 0.1) is 10.5 Å². The van der Waals surface area contributed by atoms with Gasteiger partial charge in [-0.3, -0.25) is 4.79 Å². The monoisotopic (exact) mass is 416 g/mol. The van der Waals surface area contributed by atoms with E-state index in [1.807, 2.05) is 54.6 Å². The Hall–Kier alpha value is -3.18. The Morgan fingerprint density at radius 1 is 0.900 bits per heavy atom. The van der Waals surface area contributed by atoms with Gasteiger partial charge in [0.2, 0.25) is 0 Å². The van der Waals surface area contributed by atoms with Gasteiger partial charge in [-0.05, 0) is 53.9 Å². The highest BCUT2D eigenvalue weighted by atomic mass is 32.2. The Morgan fingerprint density at radius 2 is 1.73 bits per heavy atom. The van der Waals surface area contributed by atoms with E-state index in [0.717, 1.165) is 32.8 Å². The number of hydrogen-bond donors (Lipinski definition) is 1. The average Bonchev–Trinajstić information content (AvgIpc) is 2.78. The van der Waals surface area contributed by atoms with Crippen LogP contribution in [-0.4, -0.2) is 17.4 Å². The number of thioether (sulfide) groups is 1. The lowest BCUT2D eigenvalue weighted by molar-refractivity contribution is 0.0954. The molecule has 4 aromatic rings. The van der Waals surface area contributed by atoms with Gasteiger partial charge in [-0.25, -0.2) is 9.37 Å². The van der Waals surface area contributed by atoms with E-state index in [-0.39, 0.29) is 11.7 Å². The fraction of sp³-hybridized carbons (Fsp3) is 0.120. The highest BCUT2D eigenvalue weighted by Gasteiger charge is 2.06. The van der Waals surface area contributed by atoms with Gasteiger partial charge in [0.1, 0.15) is 5.82 Å². The summed E-state index contributed by atoms with van der Waals surface area (Å²) in [7, 11) is 0. The molecule has 0 bridgehead atoms. The first-order chi connectivity index (χ1) is 14.7. The van der Waals surface area contributed by atoms with Crippen LogP contribution in [0.3, 0.4) is 0 Å². The number of carbonyl (C=O) groups excluding carboxylic acids is 1. The summed E-state index contributed by atoms with van der Waals surface area (Å²) in [4.78, 5) is 17.0. The number of amides is 1. The number of carbonyl (C=O) groups is 1. The number of benzene rings is 3. The van der Waals surface area contributed by atoms with Crippen LogP contribution in [0, 0.1) is 5.82 Å². The first-order valence-corrected chi connectivity index (χ1v) is 10.8. The van der Waals surface area contributed by atoms with Gasteiger partial charge in [0.15, 0.2) is 0 Å². The lowest BCUT2D eigenvalue weighted by Gasteiger charge is -2.07. The molecule has 3 aromatic carbocycles. The van der Waals surface area contributed by atoms with Crippen LogP contribution < -0.4 is 5.32 Å². The van der Waals surface area contributed by atoms with Crippen LogP contribution in [0.15, 0.2) is 90.0 Å². The van der Waals surface area contributed by atoms with Crippen molar-refractivity contribution in [2.75, 3.05) is 6.54 Å². The van der Waals surface area contributed by atoms with E-state index in [4.69, 9.17) is 0 Å². The van der Waals surface area contributed by atoms with Crippen LogP contribution in [-0.2, 0) is 12.2 Å². The summed E-state index contributed by atoms with van der Waals surface area (Å²) in [5.74, 6) is 0.403. The van der Waals surface area contributed by atoms with E-state index in [9.17, 15) is 9.18 Å². The minimum Gasteiger partial charge on any atom is -0.352 e. The van der Waals surface area contributed by atoms with Gasteiger partial charge in [-0.2, -0.15) is 0 Å². The number of nitrogens with zero attached hydrogens (tertiary/aromatic N) is 1. The van der Waals surface area contributed by atoms with Crippen LogP contribution in [0.1, 0.15) is 21.5 Å². The van der Waals surface area contributed by atoms with Gasteiger partial charge in [0.25, 0.3) is 5.91 Å². The lowest BCUT2D eigenvalue weighted by Crippen LogP contribution is -2.25. The molecule has 1 amide bonds. The number of para-hydroxylation sites is 1. The van der Waals surface area contributed by atoms with Crippen LogP contribution >= 0.6 is 11.8 Å². The maximum atomic E-state index is 13.2. The van der Waals surface area contributed by atoms with Crippen LogP contribution in [0.4, 0.5) is 4.39 Å². The predicted molar refractivity (Wildman–Crippen MR) is 120 cm³/mol. The molecule has 0 atom stereocenters. The van der Waals surface area contributed by atoms with Crippen molar-refractivity contribution in [3.8, 4) is 0 Å². The van der Waals surface area contributed by atoms with Gasteiger partial charge < -0.3 is 5.32 Å². The number of rotatable bonds is 7. The van der Waals surface area contributed by atoms with E-state index in [2.05, 4.69) is 22.4 Å². The number of fused-ring (bicyclic) bond motifs is 1. The highest BCUT2D eigenvalue weighted by molar-refractivity contribution is 7.98. The van der Waals surface area contributed by atoms with Crippen molar-refractivity contribution in [1.82, 2.24) is 10.3 Å². The molecule has 0 aliphatic heterocycles. The van der Waals surface area contributed by atoms with Crippen molar-refractivity contribution in [2.45, 2.75) is 17.2 Å². The third-order valence-corrected chi connectivity index (χ3v) is 5.76. The molecule has 1 N–H and O–H groups in total. The Balaban J connectivity index is 1.29. The summed E-state index contributed by atoms with van der Waals surface area (Å²) in [6.07, 6.45) is 0.594. The molecule has 0 spiro atoms. The molecule has 4 rings (SSSR count). The fourth-order valence-corrected chi connectivity index (χ4v) is 3.99. The third kappa shape index (κ3) is 5.24. The van der Waals surface area contributed by atoms with E-state index in [1.165, 1.54) is 12.1 Å². The molecule has 5 heteroatoms. The van der Waals surface area contributed by atoms with E-state index in [0.29, 0.717) is 18.5 Å². The lowest BCUT2D eigenvalue weighted by atomic mass is 10.1. The molecule has 3 nitrogen and oxygen atoms in total. The Morgan fingerprint density at radius 3 is 2.57 bits per heavy atom. The van der Waals surface area contributed by atoms with Gasteiger partial charge in [-0.15, -0.1) is 11.8 Å². The summed E-state index contributed by atoms with van der Waals surface area (Å²) >= 11 is 1.67. The first kappa shape index (κ1) is 20.1. The molecule has 150 valence electrons. The van der Waals surface area contributed by atoms with Crippen LogP contribution in [0.2, 0.25) is 0 Å². The number of nitrogens with one attached hydrogen (secondary N) is 1. The van der Waals surface area contributed by atoms with Crippen LogP contribution in [0.25, 0.3) is 10.9 Å². The van der Waals surface area contributed by atoms with Crippen molar-refractivity contribution in [1.29, 1.82) is 0 Å². The molecule has 0 saturated heterocycles. The number of hydrogen-bond acceptors (Lipinski definition) is 3. The largest absolute Gasteiger partial charge is 0.352 e. The number of halogens is 1. The molecular formula is C25H21FN2OS. The Bertz CT molecular complexity index is 1160. The second-order valence-corrected chi connectivity index (χ2v) is 7.96. The van der Waals surface area contributed by atoms with Gasteiger partial charge in [-0.1, -0.05) is 48.5 Å². The molecule has 1 heterocycles. The maximum absolute atomic E-state index is 13.2. The Labute approximate surface area is 179 Å². The standard InChI is InChI=1S/C25H21FN2OS/c26-22-6-3-4-18(16-22)14-15-27-25(29)21-10-8-19(9-11-21)17-30-24-13-12-20-5-1-2-7-23(20)28-24/h1-13,16H,14-15,17H2,(H,27,29).